The zero-order valence-electron chi connectivity index (χ0n) is 8.43. The Morgan fingerprint density at radius 3 is 3.07 bits per heavy atom. The average molecular weight is 223 g/mol. The number of hydrogen-bond donors (Lipinski definition) is 2. The van der Waals surface area contributed by atoms with Gasteiger partial charge in [-0.05, 0) is 13.0 Å². The lowest BCUT2D eigenvalue weighted by Gasteiger charge is -2.11. The molecule has 0 saturated heterocycles. The van der Waals surface area contributed by atoms with E-state index >= 15 is 0 Å². The van der Waals surface area contributed by atoms with Crippen LogP contribution in [0.3, 0.4) is 0 Å². The topological polar surface area (TPSA) is 64.1 Å². The summed E-state index contributed by atoms with van der Waals surface area (Å²) in [5.41, 5.74) is 4.87. The van der Waals surface area contributed by atoms with Gasteiger partial charge in [0.2, 0.25) is 0 Å². The fourth-order valence-electron chi connectivity index (χ4n) is 1.42. The van der Waals surface area contributed by atoms with E-state index in [2.05, 4.69) is 10.4 Å². The number of furan rings is 1. The summed E-state index contributed by atoms with van der Waals surface area (Å²) in [6.45, 7) is 1.99. The van der Waals surface area contributed by atoms with Crippen LogP contribution < -0.4 is 11.3 Å². The first kappa shape index (κ1) is 10.4. The second-order valence-electron chi connectivity index (χ2n) is 3.36. The number of rotatable bonds is 4. The molecule has 0 radical (unpaired) electrons. The Labute approximate surface area is 92.1 Å². The third-order valence-electron chi connectivity index (χ3n) is 2.19. The highest BCUT2D eigenvalue weighted by Gasteiger charge is 2.13. The van der Waals surface area contributed by atoms with Crippen LogP contribution in [0.25, 0.3) is 0 Å². The van der Waals surface area contributed by atoms with E-state index in [0.717, 1.165) is 22.7 Å². The Morgan fingerprint density at radius 1 is 1.67 bits per heavy atom. The summed E-state index contributed by atoms with van der Waals surface area (Å²) >= 11 is 1.65. The first-order valence-corrected chi connectivity index (χ1v) is 5.57. The van der Waals surface area contributed by atoms with Gasteiger partial charge in [-0.25, -0.2) is 4.98 Å². The van der Waals surface area contributed by atoms with Crippen LogP contribution in [0.1, 0.15) is 22.3 Å². The summed E-state index contributed by atoms with van der Waals surface area (Å²) in [6, 6.07) is 1.97. The van der Waals surface area contributed by atoms with Crippen molar-refractivity contribution in [1.82, 2.24) is 10.4 Å². The van der Waals surface area contributed by atoms with E-state index < -0.39 is 0 Å². The number of hydrazine groups is 1. The molecule has 4 nitrogen and oxygen atoms in total. The van der Waals surface area contributed by atoms with E-state index in [1.54, 1.807) is 23.9 Å². The molecule has 2 heterocycles. The van der Waals surface area contributed by atoms with Crippen molar-refractivity contribution >= 4 is 11.3 Å². The smallest absolute Gasteiger partial charge is 0.0951 e. The van der Waals surface area contributed by atoms with Crippen LogP contribution in [0.5, 0.6) is 0 Å². The molecular weight excluding hydrogens is 210 g/mol. The monoisotopic (exact) mass is 223 g/mol. The maximum atomic E-state index is 5.50. The number of aryl methyl sites for hydroxylation is 1. The van der Waals surface area contributed by atoms with Crippen molar-refractivity contribution in [2.45, 2.75) is 19.4 Å². The van der Waals surface area contributed by atoms with Gasteiger partial charge in [-0.3, -0.25) is 11.3 Å². The first-order valence-electron chi connectivity index (χ1n) is 4.69. The first-order chi connectivity index (χ1) is 7.29. The number of nitrogens with zero attached hydrogens (tertiary/aromatic N) is 1. The van der Waals surface area contributed by atoms with Gasteiger partial charge in [-0.1, -0.05) is 0 Å². The molecule has 0 aromatic carbocycles. The van der Waals surface area contributed by atoms with Gasteiger partial charge in [0, 0.05) is 23.1 Å². The SMILES string of the molecule is Cc1csc(CC(NN)c2ccoc2)n1. The van der Waals surface area contributed by atoms with Gasteiger partial charge in [0.15, 0.2) is 0 Å². The minimum atomic E-state index is 0.0642. The van der Waals surface area contributed by atoms with E-state index in [0.29, 0.717) is 0 Å². The zero-order chi connectivity index (χ0) is 10.7. The van der Waals surface area contributed by atoms with Gasteiger partial charge >= 0.3 is 0 Å². The molecule has 0 saturated carbocycles. The lowest BCUT2D eigenvalue weighted by molar-refractivity contribution is 0.525. The molecule has 0 spiro atoms. The molecule has 0 amide bonds. The van der Waals surface area contributed by atoms with Crippen LogP contribution in [-0.2, 0) is 6.42 Å². The van der Waals surface area contributed by atoms with Gasteiger partial charge in [0.25, 0.3) is 0 Å². The summed E-state index contributed by atoms with van der Waals surface area (Å²) in [4.78, 5) is 4.40. The van der Waals surface area contributed by atoms with Gasteiger partial charge < -0.3 is 4.42 Å². The van der Waals surface area contributed by atoms with Gasteiger partial charge in [0.05, 0.1) is 23.6 Å². The van der Waals surface area contributed by atoms with Crippen LogP contribution >= 0.6 is 11.3 Å². The molecule has 3 N–H and O–H groups in total. The van der Waals surface area contributed by atoms with E-state index in [9.17, 15) is 0 Å². The van der Waals surface area contributed by atoms with Crippen molar-refractivity contribution in [3.8, 4) is 0 Å². The van der Waals surface area contributed by atoms with Crippen molar-refractivity contribution in [3.05, 3.63) is 40.2 Å². The predicted octanol–water partition coefficient (Wildman–Crippen LogP) is 1.79. The van der Waals surface area contributed by atoms with Crippen molar-refractivity contribution in [1.29, 1.82) is 0 Å². The Hall–Kier alpha value is -1.17. The Morgan fingerprint density at radius 2 is 2.53 bits per heavy atom. The molecule has 2 aromatic heterocycles. The highest BCUT2D eigenvalue weighted by molar-refractivity contribution is 7.09. The maximum Gasteiger partial charge on any atom is 0.0951 e. The van der Waals surface area contributed by atoms with Gasteiger partial charge in [-0.2, -0.15) is 0 Å². The highest BCUT2D eigenvalue weighted by atomic mass is 32.1. The third kappa shape index (κ3) is 2.44. The van der Waals surface area contributed by atoms with Crippen molar-refractivity contribution in [2.75, 3.05) is 0 Å². The highest BCUT2D eigenvalue weighted by Crippen LogP contribution is 2.20. The van der Waals surface area contributed by atoms with Crippen LogP contribution in [-0.4, -0.2) is 4.98 Å². The molecule has 0 aliphatic rings. The molecule has 15 heavy (non-hydrogen) atoms. The third-order valence-corrected chi connectivity index (χ3v) is 3.18. The van der Waals surface area contributed by atoms with Crippen LogP contribution in [0, 0.1) is 6.92 Å². The molecule has 2 rings (SSSR count). The number of thiazole rings is 1. The molecular formula is C10H13N3OS. The van der Waals surface area contributed by atoms with E-state index in [1.165, 1.54) is 0 Å². The zero-order valence-corrected chi connectivity index (χ0v) is 9.25. The molecule has 0 bridgehead atoms. The second-order valence-corrected chi connectivity index (χ2v) is 4.31. The largest absolute Gasteiger partial charge is 0.472 e. The summed E-state index contributed by atoms with van der Waals surface area (Å²) in [5, 5.41) is 3.12. The number of hydrogen-bond acceptors (Lipinski definition) is 5. The molecule has 0 aliphatic heterocycles. The molecule has 1 unspecified atom stereocenters. The fourth-order valence-corrected chi connectivity index (χ4v) is 2.24. The molecule has 0 aliphatic carbocycles. The summed E-state index contributed by atoms with van der Waals surface area (Å²) in [5.74, 6) is 5.50. The fraction of sp³-hybridized carbons (Fsp3) is 0.300. The molecule has 1 atom stereocenters. The van der Waals surface area contributed by atoms with E-state index in [-0.39, 0.29) is 6.04 Å². The second kappa shape index (κ2) is 4.57. The molecule has 0 fully saturated rings. The summed E-state index contributed by atoms with van der Waals surface area (Å²) < 4.78 is 5.03. The Balaban J connectivity index is 2.09. The molecule has 5 heteroatoms. The van der Waals surface area contributed by atoms with E-state index in [1.807, 2.05) is 18.4 Å². The van der Waals surface area contributed by atoms with Crippen molar-refractivity contribution < 1.29 is 4.42 Å². The average Bonchev–Trinajstić information content (AvgIpc) is 2.85. The predicted molar refractivity (Wildman–Crippen MR) is 59.3 cm³/mol. The van der Waals surface area contributed by atoms with Crippen molar-refractivity contribution in [2.24, 2.45) is 5.84 Å². The lowest BCUT2D eigenvalue weighted by atomic mass is 10.1. The number of nitrogens with one attached hydrogen (secondary N) is 1. The maximum absolute atomic E-state index is 5.50. The van der Waals surface area contributed by atoms with Crippen LogP contribution in [0.2, 0.25) is 0 Å². The molecule has 2 aromatic rings. The number of nitrogens with two attached hydrogens (primary N) is 1. The van der Waals surface area contributed by atoms with Gasteiger partial charge in [-0.15, -0.1) is 11.3 Å². The van der Waals surface area contributed by atoms with Crippen LogP contribution in [0.15, 0.2) is 28.4 Å². The van der Waals surface area contributed by atoms with Crippen LogP contribution in [0.4, 0.5) is 0 Å². The van der Waals surface area contributed by atoms with Crippen molar-refractivity contribution in [3.63, 3.8) is 0 Å². The minimum Gasteiger partial charge on any atom is -0.472 e. The number of aromatic nitrogens is 1. The standard InChI is InChI=1S/C10H13N3OS/c1-7-6-15-10(12-7)4-9(13-11)8-2-3-14-5-8/h2-3,5-6,9,13H,4,11H2,1H3. The quantitative estimate of drug-likeness (QED) is 0.612. The normalized spacial score (nSPS) is 12.9. The minimum absolute atomic E-state index is 0.0642. The lowest BCUT2D eigenvalue weighted by Crippen LogP contribution is -2.29. The van der Waals surface area contributed by atoms with E-state index in [4.69, 9.17) is 10.3 Å². The molecule has 80 valence electrons. The van der Waals surface area contributed by atoms with Gasteiger partial charge in [0.1, 0.15) is 0 Å². The summed E-state index contributed by atoms with van der Waals surface area (Å²) in [7, 11) is 0. The Bertz CT molecular complexity index is 410. The summed E-state index contributed by atoms with van der Waals surface area (Å²) in [6.07, 6.45) is 4.13. The Kier molecular flexibility index (Phi) is 3.15.